The minimum atomic E-state index is -0.591. The molecule has 102 valence electrons. The smallest absolute Gasteiger partial charge is 0.202 e. The van der Waals surface area contributed by atoms with E-state index in [-0.39, 0.29) is 0 Å². The summed E-state index contributed by atoms with van der Waals surface area (Å²) in [5.41, 5.74) is 7.13. The lowest BCUT2D eigenvalue weighted by atomic mass is 10.1. The van der Waals surface area contributed by atoms with Gasteiger partial charge < -0.3 is 16.2 Å². The number of anilines is 2. The fourth-order valence-corrected chi connectivity index (χ4v) is 2.28. The van der Waals surface area contributed by atoms with Crippen molar-refractivity contribution in [2.24, 2.45) is 0 Å². The van der Waals surface area contributed by atoms with E-state index in [1.54, 1.807) is 12.1 Å². The van der Waals surface area contributed by atoms with E-state index >= 15 is 0 Å². The van der Waals surface area contributed by atoms with Crippen LogP contribution in [0.1, 0.15) is 37.3 Å². The molecule has 2 rings (SSSR count). The Morgan fingerprint density at radius 3 is 2.58 bits per heavy atom. The standard InChI is InChI=1S/C13H18N4OS/c1-8(2)12-16-13(19-17-12)15-7-11(18)9-3-5-10(14)6-4-9/h3-6,8,11,18H,7,14H2,1-2H3,(H,15,16,17). The molecule has 0 radical (unpaired) electrons. The highest BCUT2D eigenvalue weighted by Gasteiger charge is 2.10. The van der Waals surface area contributed by atoms with Crippen LogP contribution in [-0.4, -0.2) is 21.0 Å². The third-order valence-electron chi connectivity index (χ3n) is 2.73. The minimum Gasteiger partial charge on any atom is -0.399 e. The van der Waals surface area contributed by atoms with E-state index in [1.807, 2.05) is 12.1 Å². The summed E-state index contributed by atoms with van der Waals surface area (Å²) in [5, 5.41) is 13.9. The lowest BCUT2D eigenvalue weighted by Crippen LogP contribution is -2.12. The van der Waals surface area contributed by atoms with Gasteiger partial charge in [0.05, 0.1) is 6.10 Å². The van der Waals surface area contributed by atoms with Gasteiger partial charge in [-0.3, -0.25) is 0 Å². The van der Waals surface area contributed by atoms with E-state index in [4.69, 9.17) is 5.73 Å². The number of benzene rings is 1. The summed E-state index contributed by atoms with van der Waals surface area (Å²) < 4.78 is 4.25. The Hall–Kier alpha value is -1.66. The molecule has 0 aliphatic rings. The first-order chi connectivity index (χ1) is 9.06. The van der Waals surface area contributed by atoms with Crippen LogP contribution in [0.3, 0.4) is 0 Å². The van der Waals surface area contributed by atoms with Crippen LogP contribution in [0.4, 0.5) is 10.8 Å². The van der Waals surface area contributed by atoms with Gasteiger partial charge in [-0.1, -0.05) is 26.0 Å². The molecule has 1 heterocycles. The highest BCUT2D eigenvalue weighted by Crippen LogP contribution is 2.19. The van der Waals surface area contributed by atoms with Gasteiger partial charge in [-0.15, -0.1) is 0 Å². The molecule has 1 aromatic carbocycles. The van der Waals surface area contributed by atoms with Gasteiger partial charge in [0.15, 0.2) is 0 Å². The third-order valence-corrected chi connectivity index (χ3v) is 3.41. The van der Waals surface area contributed by atoms with E-state index in [0.29, 0.717) is 18.2 Å². The Kier molecular flexibility index (Phi) is 4.34. The maximum atomic E-state index is 10.0. The molecule has 0 spiro atoms. The summed E-state index contributed by atoms with van der Waals surface area (Å²) in [5.74, 6) is 1.14. The number of aliphatic hydroxyl groups is 1. The molecule has 1 unspecified atom stereocenters. The molecular formula is C13H18N4OS. The van der Waals surface area contributed by atoms with Crippen molar-refractivity contribution in [1.82, 2.24) is 9.36 Å². The predicted octanol–water partition coefficient (Wildman–Crippen LogP) is 2.39. The topological polar surface area (TPSA) is 84.1 Å². The van der Waals surface area contributed by atoms with E-state index in [2.05, 4.69) is 28.5 Å². The van der Waals surface area contributed by atoms with Gasteiger partial charge in [0.1, 0.15) is 5.82 Å². The number of nitrogens with two attached hydrogens (primary N) is 1. The number of aliphatic hydroxyl groups excluding tert-OH is 1. The molecule has 2 aromatic rings. The molecule has 1 aromatic heterocycles. The number of rotatable bonds is 5. The van der Waals surface area contributed by atoms with Crippen LogP contribution in [0.25, 0.3) is 0 Å². The number of hydrogen-bond donors (Lipinski definition) is 3. The van der Waals surface area contributed by atoms with Gasteiger partial charge in [-0.2, -0.15) is 4.37 Å². The first-order valence-electron chi connectivity index (χ1n) is 6.17. The Balaban J connectivity index is 1.92. The van der Waals surface area contributed by atoms with Crippen molar-refractivity contribution in [1.29, 1.82) is 0 Å². The number of nitrogen functional groups attached to an aromatic ring is 1. The van der Waals surface area contributed by atoms with Gasteiger partial charge >= 0.3 is 0 Å². The van der Waals surface area contributed by atoms with Crippen molar-refractivity contribution in [2.75, 3.05) is 17.6 Å². The van der Waals surface area contributed by atoms with Crippen LogP contribution in [-0.2, 0) is 0 Å². The molecule has 0 amide bonds. The summed E-state index contributed by atoms with van der Waals surface area (Å²) in [7, 11) is 0. The molecule has 0 aliphatic heterocycles. The monoisotopic (exact) mass is 278 g/mol. The first-order valence-corrected chi connectivity index (χ1v) is 6.94. The first kappa shape index (κ1) is 13.8. The Morgan fingerprint density at radius 2 is 2.00 bits per heavy atom. The van der Waals surface area contributed by atoms with Gasteiger partial charge in [0, 0.05) is 29.7 Å². The van der Waals surface area contributed by atoms with Crippen LogP contribution in [0.2, 0.25) is 0 Å². The Labute approximate surface area is 116 Å². The van der Waals surface area contributed by atoms with Crippen molar-refractivity contribution in [2.45, 2.75) is 25.9 Å². The molecule has 4 N–H and O–H groups in total. The Morgan fingerprint density at radius 1 is 1.32 bits per heavy atom. The minimum absolute atomic E-state index is 0.314. The van der Waals surface area contributed by atoms with Gasteiger partial charge in [-0.05, 0) is 17.7 Å². The van der Waals surface area contributed by atoms with Crippen LogP contribution >= 0.6 is 11.5 Å². The lowest BCUT2D eigenvalue weighted by molar-refractivity contribution is 0.191. The van der Waals surface area contributed by atoms with Crippen molar-refractivity contribution in [3.05, 3.63) is 35.7 Å². The van der Waals surface area contributed by atoms with E-state index in [0.717, 1.165) is 16.5 Å². The maximum absolute atomic E-state index is 10.0. The van der Waals surface area contributed by atoms with Crippen molar-refractivity contribution < 1.29 is 5.11 Å². The second kappa shape index (κ2) is 5.99. The average molecular weight is 278 g/mol. The summed E-state index contributed by atoms with van der Waals surface area (Å²) >= 11 is 1.31. The number of aromatic nitrogens is 2. The second-order valence-corrected chi connectivity index (χ2v) is 5.43. The largest absolute Gasteiger partial charge is 0.399 e. The molecule has 6 heteroatoms. The second-order valence-electron chi connectivity index (χ2n) is 4.68. The van der Waals surface area contributed by atoms with Crippen molar-refractivity contribution in [3.63, 3.8) is 0 Å². The van der Waals surface area contributed by atoms with E-state index in [9.17, 15) is 5.11 Å². The van der Waals surface area contributed by atoms with Gasteiger partial charge in [-0.25, -0.2) is 4.98 Å². The summed E-state index contributed by atoms with van der Waals surface area (Å²) in [6, 6.07) is 7.20. The molecule has 0 fully saturated rings. The molecule has 1 atom stereocenters. The number of nitrogens with zero attached hydrogens (tertiary/aromatic N) is 2. The van der Waals surface area contributed by atoms with Crippen molar-refractivity contribution >= 4 is 22.4 Å². The van der Waals surface area contributed by atoms with E-state index in [1.165, 1.54) is 11.5 Å². The zero-order valence-corrected chi connectivity index (χ0v) is 11.8. The quantitative estimate of drug-likeness (QED) is 0.731. The number of hydrogen-bond acceptors (Lipinski definition) is 6. The highest BCUT2D eigenvalue weighted by atomic mass is 32.1. The summed E-state index contributed by atoms with van der Waals surface area (Å²) in [6.45, 7) is 4.50. The summed E-state index contributed by atoms with van der Waals surface area (Å²) in [4.78, 5) is 4.35. The van der Waals surface area contributed by atoms with Crippen LogP contribution in [0.5, 0.6) is 0 Å². The molecular weight excluding hydrogens is 260 g/mol. The van der Waals surface area contributed by atoms with E-state index < -0.39 is 6.10 Å². The summed E-state index contributed by atoms with van der Waals surface area (Å²) in [6.07, 6.45) is -0.591. The van der Waals surface area contributed by atoms with Crippen LogP contribution in [0.15, 0.2) is 24.3 Å². The highest BCUT2D eigenvalue weighted by molar-refractivity contribution is 7.09. The average Bonchev–Trinajstić information content (AvgIpc) is 2.86. The fourth-order valence-electron chi connectivity index (χ4n) is 1.56. The zero-order valence-electron chi connectivity index (χ0n) is 11.0. The van der Waals surface area contributed by atoms with Gasteiger partial charge in [0.25, 0.3) is 0 Å². The molecule has 19 heavy (non-hydrogen) atoms. The lowest BCUT2D eigenvalue weighted by Gasteiger charge is -2.11. The fraction of sp³-hybridized carbons (Fsp3) is 0.385. The molecule has 0 aliphatic carbocycles. The van der Waals surface area contributed by atoms with Crippen LogP contribution < -0.4 is 11.1 Å². The molecule has 0 saturated heterocycles. The third kappa shape index (κ3) is 3.65. The molecule has 0 saturated carbocycles. The SMILES string of the molecule is CC(C)c1nsc(NCC(O)c2ccc(N)cc2)n1. The zero-order chi connectivity index (χ0) is 13.8. The number of nitrogens with one attached hydrogen (secondary N) is 1. The molecule has 0 bridgehead atoms. The Bertz CT molecular complexity index is 524. The normalized spacial score (nSPS) is 12.6. The van der Waals surface area contributed by atoms with Crippen molar-refractivity contribution in [3.8, 4) is 0 Å². The molecule has 5 nitrogen and oxygen atoms in total. The van der Waals surface area contributed by atoms with Gasteiger partial charge in [0.2, 0.25) is 5.13 Å². The predicted molar refractivity (Wildman–Crippen MR) is 78.3 cm³/mol. The van der Waals surface area contributed by atoms with Crippen LogP contribution in [0, 0.1) is 0 Å². The maximum Gasteiger partial charge on any atom is 0.202 e.